The average Bonchev–Trinajstić information content (AvgIpc) is 3.12. The van der Waals surface area contributed by atoms with Crippen LogP contribution >= 0.6 is 0 Å². The molecule has 2 heterocycles. The van der Waals surface area contributed by atoms with Gasteiger partial charge < -0.3 is 20.0 Å². The third kappa shape index (κ3) is 5.37. The SMILES string of the molecule is CCN(C(=O)O)C1CCN(CC2CN(Cc3ccccc3)CC2(O)c2ccc(F)cc2)CC1. The van der Waals surface area contributed by atoms with Gasteiger partial charge in [0.1, 0.15) is 11.4 Å². The lowest BCUT2D eigenvalue weighted by atomic mass is 9.83. The first kappa shape index (κ1) is 23.7. The summed E-state index contributed by atoms with van der Waals surface area (Å²) in [6.07, 6.45) is 0.750. The van der Waals surface area contributed by atoms with E-state index in [0.29, 0.717) is 13.1 Å². The molecule has 1 amide bonds. The Bertz CT molecular complexity index is 918. The van der Waals surface area contributed by atoms with Crippen LogP contribution in [0.2, 0.25) is 0 Å². The van der Waals surface area contributed by atoms with E-state index in [9.17, 15) is 19.4 Å². The fourth-order valence-corrected chi connectivity index (χ4v) is 5.51. The van der Waals surface area contributed by atoms with Crippen molar-refractivity contribution in [3.8, 4) is 0 Å². The predicted molar refractivity (Wildman–Crippen MR) is 125 cm³/mol. The van der Waals surface area contributed by atoms with E-state index in [1.807, 2.05) is 25.1 Å². The standard InChI is InChI=1S/C26H34FN3O3/c1-2-30(25(31)32)24-12-14-28(15-13-24)17-22-18-29(16-20-6-4-3-5-7-20)19-26(22,33)21-8-10-23(27)11-9-21/h3-11,22,24,33H,2,12-19H2,1H3,(H,31,32). The second-order valence-corrected chi connectivity index (χ2v) is 9.38. The molecule has 178 valence electrons. The number of benzene rings is 2. The number of carbonyl (C=O) groups is 1. The first-order valence-electron chi connectivity index (χ1n) is 11.9. The molecule has 0 aromatic heterocycles. The van der Waals surface area contributed by atoms with Crippen molar-refractivity contribution in [2.75, 3.05) is 39.3 Å². The van der Waals surface area contributed by atoms with Gasteiger partial charge in [0.25, 0.3) is 0 Å². The van der Waals surface area contributed by atoms with Crippen molar-refractivity contribution in [2.45, 2.75) is 38.0 Å². The van der Waals surface area contributed by atoms with Gasteiger partial charge in [0.05, 0.1) is 0 Å². The lowest BCUT2D eigenvalue weighted by Gasteiger charge is -2.39. The van der Waals surface area contributed by atoms with Crippen LogP contribution in [0.3, 0.4) is 0 Å². The van der Waals surface area contributed by atoms with Crippen molar-refractivity contribution in [1.29, 1.82) is 0 Å². The Balaban J connectivity index is 1.47. The number of piperidine rings is 1. The lowest BCUT2D eigenvalue weighted by Crippen LogP contribution is -2.49. The summed E-state index contributed by atoms with van der Waals surface area (Å²) in [4.78, 5) is 17.6. The van der Waals surface area contributed by atoms with Crippen LogP contribution in [-0.2, 0) is 12.1 Å². The third-order valence-corrected chi connectivity index (χ3v) is 7.27. The first-order valence-corrected chi connectivity index (χ1v) is 11.9. The number of aliphatic hydroxyl groups is 1. The molecule has 33 heavy (non-hydrogen) atoms. The Morgan fingerprint density at radius 3 is 2.36 bits per heavy atom. The van der Waals surface area contributed by atoms with Gasteiger partial charge in [-0.25, -0.2) is 9.18 Å². The summed E-state index contributed by atoms with van der Waals surface area (Å²) in [5.74, 6) is -0.330. The lowest BCUT2D eigenvalue weighted by molar-refractivity contribution is -0.0102. The van der Waals surface area contributed by atoms with E-state index in [-0.39, 0.29) is 17.8 Å². The third-order valence-electron chi connectivity index (χ3n) is 7.27. The van der Waals surface area contributed by atoms with E-state index in [2.05, 4.69) is 21.9 Å². The van der Waals surface area contributed by atoms with Gasteiger partial charge in [-0.05, 0) is 43.0 Å². The van der Waals surface area contributed by atoms with Crippen molar-refractivity contribution in [2.24, 2.45) is 5.92 Å². The Kier molecular flexibility index (Phi) is 7.32. The second kappa shape index (κ2) is 10.2. The van der Waals surface area contributed by atoms with Crippen LogP contribution in [0, 0.1) is 11.7 Å². The molecule has 0 aliphatic carbocycles. The largest absolute Gasteiger partial charge is 0.465 e. The topological polar surface area (TPSA) is 67.3 Å². The minimum Gasteiger partial charge on any atom is -0.465 e. The van der Waals surface area contributed by atoms with Crippen LogP contribution in [0.4, 0.5) is 9.18 Å². The number of likely N-dealkylation sites (tertiary alicyclic amines) is 2. The number of halogens is 1. The average molecular weight is 456 g/mol. The van der Waals surface area contributed by atoms with Gasteiger partial charge in [-0.15, -0.1) is 0 Å². The number of hydrogen-bond donors (Lipinski definition) is 2. The van der Waals surface area contributed by atoms with E-state index >= 15 is 0 Å². The summed E-state index contributed by atoms with van der Waals surface area (Å²) in [5, 5.41) is 21.3. The van der Waals surface area contributed by atoms with Crippen LogP contribution in [-0.4, -0.2) is 76.3 Å². The highest BCUT2D eigenvalue weighted by atomic mass is 19.1. The van der Waals surface area contributed by atoms with E-state index in [4.69, 9.17) is 0 Å². The summed E-state index contributed by atoms with van der Waals surface area (Å²) in [6.45, 7) is 6.73. The quantitative estimate of drug-likeness (QED) is 0.668. The molecule has 2 fully saturated rings. The first-order chi connectivity index (χ1) is 15.9. The molecule has 2 aliphatic heterocycles. The Morgan fingerprint density at radius 2 is 1.76 bits per heavy atom. The maximum atomic E-state index is 13.6. The molecule has 2 aliphatic rings. The highest BCUT2D eigenvalue weighted by Gasteiger charge is 2.47. The highest BCUT2D eigenvalue weighted by Crippen LogP contribution is 2.38. The van der Waals surface area contributed by atoms with Crippen LogP contribution in [0.25, 0.3) is 0 Å². The molecule has 6 nitrogen and oxygen atoms in total. The molecule has 7 heteroatoms. The highest BCUT2D eigenvalue weighted by molar-refractivity contribution is 5.65. The summed E-state index contributed by atoms with van der Waals surface area (Å²) >= 11 is 0. The van der Waals surface area contributed by atoms with E-state index < -0.39 is 11.7 Å². The molecule has 0 radical (unpaired) electrons. The van der Waals surface area contributed by atoms with Gasteiger partial charge >= 0.3 is 6.09 Å². The maximum Gasteiger partial charge on any atom is 0.407 e. The van der Waals surface area contributed by atoms with Crippen LogP contribution in [0.15, 0.2) is 54.6 Å². The number of carboxylic acid groups (broad SMARTS) is 1. The summed E-state index contributed by atoms with van der Waals surface area (Å²) < 4.78 is 13.6. The summed E-state index contributed by atoms with van der Waals surface area (Å²) in [5.41, 5.74) is 0.895. The monoisotopic (exact) mass is 455 g/mol. The molecule has 2 unspecified atom stereocenters. The van der Waals surface area contributed by atoms with Gasteiger partial charge in [-0.2, -0.15) is 0 Å². The molecule has 0 spiro atoms. The fourth-order valence-electron chi connectivity index (χ4n) is 5.51. The molecule has 2 atom stereocenters. The molecule has 2 aromatic rings. The van der Waals surface area contributed by atoms with Crippen molar-refractivity contribution in [3.05, 3.63) is 71.5 Å². The van der Waals surface area contributed by atoms with E-state index in [1.165, 1.54) is 22.6 Å². The Morgan fingerprint density at radius 1 is 1.09 bits per heavy atom. The molecule has 2 N–H and O–H groups in total. The summed E-state index contributed by atoms with van der Waals surface area (Å²) in [7, 11) is 0. The van der Waals surface area contributed by atoms with Crippen LogP contribution in [0.5, 0.6) is 0 Å². The smallest absolute Gasteiger partial charge is 0.407 e. The zero-order valence-electron chi connectivity index (χ0n) is 19.2. The van der Waals surface area contributed by atoms with Gasteiger partial charge in [0.15, 0.2) is 0 Å². The predicted octanol–water partition coefficient (Wildman–Crippen LogP) is 3.61. The van der Waals surface area contributed by atoms with Crippen LogP contribution in [0.1, 0.15) is 30.9 Å². The second-order valence-electron chi connectivity index (χ2n) is 9.38. The van der Waals surface area contributed by atoms with Crippen molar-refractivity contribution >= 4 is 6.09 Å². The van der Waals surface area contributed by atoms with Crippen molar-refractivity contribution in [1.82, 2.24) is 14.7 Å². The number of amides is 1. The van der Waals surface area contributed by atoms with Crippen LogP contribution < -0.4 is 0 Å². The molecule has 4 rings (SSSR count). The number of rotatable bonds is 7. The normalized spacial score (nSPS) is 24.8. The number of β-amino-alcohol motifs (C(OH)–C–C–N with tert-alkyl or cyclic N) is 1. The molecule has 2 saturated heterocycles. The molecular weight excluding hydrogens is 421 g/mol. The molecule has 0 bridgehead atoms. The van der Waals surface area contributed by atoms with Crippen molar-refractivity contribution < 1.29 is 19.4 Å². The maximum absolute atomic E-state index is 13.6. The molecule has 2 aromatic carbocycles. The molecular formula is C26H34FN3O3. The number of nitrogens with zero attached hydrogens (tertiary/aromatic N) is 3. The van der Waals surface area contributed by atoms with Gasteiger partial charge in [-0.1, -0.05) is 42.5 Å². The zero-order chi connectivity index (χ0) is 23.4. The summed E-state index contributed by atoms with van der Waals surface area (Å²) in [6, 6.07) is 16.5. The number of hydrogen-bond acceptors (Lipinski definition) is 4. The zero-order valence-corrected chi connectivity index (χ0v) is 19.2. The van der Waals surface area contributed by atoms with Gasteiger partial charge in [0.2, 0.25) is 0 Å². The molecule has 0 saturated carbocycles. The van der Waals surface area contributed by atoms with Gasteiger partial charge in [0, 0.05) is 57.8 Å². The van der Waals surface area contributed by atoms with Crippen molar-refractivity contribution in [3.63, 3.8) is 0 Å². The minimum absolute atomic E-state index is 0.0232. The minimum atomic E-state index is -1.06. The van der Waals surface area contributed by atoms with E-state index in [0.717, 1.165) is 51.1 Å². The fraction of sp³-hybridized carbons (Fsp3) is 0.500. The van der Waals surface area contributed by atoms with Gasteiger partial charge in [-0.3, -0.25) is 4.90 Å². The van der Waals surface area contributed by atoms with E-state index in [1.54, 1.807) is 12.1 Å². The Labute approximate surface area is 195 Å². The Hall–Kier alpha value is -2.48.